The summed E-state index contributed by atoms with van der Waals surface area (Å²) >= 11 is 0. The molecule has 1 aliphatic heterocycles. The molecule has 2 fully saturated rings. The van der Waals surface area contributed by atoms with Crippen LogP contribution in [-0.4, -0.2) is 30.6 Å². The lowest BCUT2D eigenvalue weighted by Gasteiger charge is -2.46. The van der Waals surface area contributed by atoms with E-state index < -0.39 is 0 Å². The zero-order valence-corrected chi connectivity index (χ0v) is 12.6. The normalized spacial score (nSPS) is 39.2. The average Bonchev–Trinajstić information content (AvgIpc) is 2.38. The Morgan fingerprint density at radius 2 is 2.00 bits per heavy atom. The molecule has 1 saturated carbocycles. The molecule has 0 bridgehead atoms. The highest BCUT2D eigenvalue weighted by Gasteiger charge is 2.36. The van der Waals surface area contributed by atoms with Gasteiger partial charge in [0.2, 0.25) is 0 Å². The molecule has 1 saturated heterocycles. The molecule has 0 aromatic carbocycles. The van der Waals surface area contributed by atoms with Crippen LogP contribution in [0.25, 0.3) is 0 Å². The van der Waals surface area contributed by atoms with Crippen LogP contribution in [0.5, 0.6) is 0 Å². The largest absolute Gasteiger partial charge is 0.330 e. The minimum Gasteiger partial charge on any atom is -0.330 e. The summed E-state index contributed by atoms with van der Waals surface area (Å²) in [6.45, 7) is 10.7. The van der Waals surface area contributed by atoms with Gasteiger partial charge in [0, 0.05) is 12.6 Å². The van der Waals surface area contributed by atoms with Crippen molar-refractivity contribution in [2.75, 3.05) is 19.6 Å². The molecule has 0 aromatic heterocycles. The van der Waals surface area contributed by atoms with Crippen molar-refractivity contribution in [3.8, 4) is 0 Å². The van der Waals surface area contributed by atoms with Crippen LogP contribution in [-0.2, 0) is 0 Å². The van der Waals surface area contributed by atoms with E-state index in [9.17, 15) is 0 Å². The third-order valence-electron chi connectivity index (χ3n) is 5.34. The Labute approximate surface area is 113 Å². The van der Waals surface area contributed by atoms with Gasteiger partial charge in [-0.05, 0) is 62.4 Å². The zero-order chi connectivity index (χ0) is 13.1. The topological polar surface area (TPSA) is 29.3 Å². The second-order valence-electron chi connectivity index (χ2n) is 7.13. The van der Waals surface area contributed by atoms with Gasteiger partial charge in [-0.2, -0.15) is 0 Å². The number of hydrogen-bond acceptors (Lipinski definition) is 2. The van der Waals surface area contributed by atoms with E-state index in [0.717, 1.165) is 36.3 Å². The second-order valence-corrected chi connectivity index (χ2v) is 7.13. The maximum Gasteiger partial charge on any atom is 0.0129 e. The molecule has 1 heterocycles. The first-order valence-corrected chi connectivity index (χ1v) is 8.06. The summed E-state index contributed by atoms with van der Waals surface area (Å²) in [6.07, 6.45) is 7.00. The molecular weight excluding hydrogens is 220 g/mol. The van der Waals surface area contributed by atoms with E-state index in [1.165, 1.54) is 45.2 Å². The molecule has 2 aliphatic rings. The van der Waals surface area contributed by atoms with Gasteiger partial charge in [0.1, 0.15) is 0 Å². The third-order valence-corrected chi connectivity index (χ3v) is 5.34. The van der Waals surface area contributed by atoms with Gasteiger partial charge >= 0.3 is 0 Å². The van der Waals surface area contributed by atoms with E-state index >= 15 is 0 Å². The molecule has 4 unspecified atom stereocenters. The Morgan fingerprint density at radius 1 is 1.22 bits per heavy atom. The van der Waals surface area contributed by atoms with Crippen LogP contribution in [0.3, 0.4) is 0 Å². The first-order chi connectivity index (χ1) is 8.61. The van der Waals surface area contributed by atoms with Gasteiger partial charge < -0.3 is 5.73 Å². The Morgan fingerprint density at radius 3 is 2.67 bits per heavy atom. The van der Waals surface area contributed by atoms with Crippen molar-refractivity contribution in [1.82, 2.24) is 4.90 Å². The molecule has 106 valence electrons. The van der Waals surface area contributed by atoms with Crippen molar-refractivity contribution in [2.45, 2.75) is 58.9 Å². The van der Waals surface area contributed by atoms with Crippen LogP contribution in [0.1, 0.15) is 52.9 Å². The van der Waals surface area contributed by atoms with Crippen molar-refractivity contribution >= 4 is 0 Å². The first kappa shape index (κ1) is 14.3. The van der Waals surface area contributed by atoms with E-state index in [-0.39, 0.29) is 0 Å². The summed E-state index contributed by atoms with van der Waals surface area (Å²) in [4.78, 5) is 2.79. The Kier molecular flexibility index (Phi) is 5.08. The van der Waals surface area contributed by atoms with E-state index in [0.29, 0.717) is 0 Å². The molecule has 18 heavy (non-hydrogen) atoms. The van der Waals surface area contributed by atoms with Crippen molar-refractivity contribution in [3.63, 3.8) is 0 Å². The molecule has 2 rings (SSSR count). The summed E-state index contributed by atoms with van der Waals surface area (Å²) in [5.74, 6) is 3.42. The predicted molar refractivity (Wildman–Crippen MR) is 78.5 cm³/mol. The number of rotatable bonds is 3. The van der Waals surface area contributed by atoms with Gasteiger partial charge in [0.25, 0.3) is 0 Å². The van der Waals surface area contributed by atoms with Crippen LogP contribution in [0.4, 0.5) is 0 Å². The lowest BCUT2D eigenvalue weighted by molar-refractivity contribution is 0.0310. The highest BCUT2D eigenvalue weighted by molar-refractivity contribution is 4.89. The summed E-state index contributed by atoms with van der Waals surface area (Å²) in [7, 11) is 0. The SMILES string of the molecule is CC1CCC(C(C)C)C(N2CCCC(CN)C2)C1. The molecule has 1 aliphatic carbocycles. The maximum absolute atomic E-state index is 5.89. The van der Waals surface area contributed by atoms with Crippen molar-refractivity contribution in [1.29, 1.82) is 0 Å². The Hall–Kier alpha value is -0.0800. The summed E-state index contributed by atoms with van der Waals surface area (Å²) in [5, 5.41) is 0. The maximum atomic E-state index is 5.89. The number of nitrogens with two attached hydrogens (primary N) is 1. The van der Waals surface area contributed by atoms with E-state index in [4.69, 9.17) is 5.73 Å². The number of piperidine rings is 1. The predicted octanol–water partition coefficient (Wildman–Crippen LogP) is 3.12. The van der Waals surface area contributed by atoms with Crippen molar-refractivity contribution < 1.29 is 0 Å². The van der Waals surface area contributed by atoms with E-state index in [1.807, 2.05) is 0 Å². The second kappa shape index (κ2) is 6.38. The van der Waals surface area contributed by atoms with E-state index in [2.05, 4.69) is 25.7 Å². The van der Waals surface area contributed by atoms with Crippen LogP contribution < -0.4 is 5.73 Å². The highest BCUT2D eigenvalue weighted by atomic mass is 15.2. The molecule has 2 N–H and O–H groups in total. The number of nitrogens with zero attached hydrogens (tertiary/aromatic N) is 1. The molecule has 0 radical (unpaired) electrons. The van der Waals surface area contributed by atoms with Gasteiger partial charge in [-0.1, -0.05) is 27.2 Å². The number of likely N-dealkylation sites (tertiary alicyclic amines) is 1. The van der Waals surface area contributed by atoms with Gasteiger partial charge in [-0.25, -0.2) is 0 Å². The smallest absolute Gasteiger partial charge is 0.0129 e. The molecule has 0 amide bonds. The minimum absolute atomic E-state index is 0.754. The Balaban J connectivity index is 2.02. The molecule has 0 aromatic rings. The minimum atomic E-state index is 0.754. The van der Waals surface area contributed by atoms with Gasteiger partial charge in [-0.15, -0.1) is 0 Å². The summed E-state index contributed by atoms with van der Waals surface area (Å²) < 4.78 is 0. The zero-order valence-electron chi connectivity index (χ0n) is 12.6. The van der Waals surface area contributed by atoms with Crippen LogP contribution in [0, 0.1) is 23.7 Å². The lowest BCUT2D eigenvalue weighted by Crippen LogP contribution is -2.50. The molecule has 2 heteroatoms. The van der Waals surface area contributed by atoms with E-state index in [1.54, 1.807) is 0 Å². The number of hydrogen-bond donors (Lipinski definition) is 1. The van der Waals surface area contributed by atoms with Crippen LogP contribution in [0.2, 0.25) is 0 Å². The molecule has 2 nitrogen and oxygen atoms in total. The van der Waals surface area contributed by atoms with Crippen LogP contribution in [0.15, 0.2) is 0 Å². The van der Waals surface area contributed by atoms with Gasteiger partial charge in [0.15, 0.2) is 0 Å². The summed E-state index contributed by atoms with van der Waals surface area (Å²) in [6, 6.07) is 0.836. The Bertz CT molecular complexity index is 251. The van der Waals surface area contributed by atoms with Gasteiger partial charge in [-0.3, -0.25) is 4.90 Å². The lowest BCUT2D eigenvalue weighted by atomic mass is 9.72. The van der Waals surface area contributed by atoms with Crippen molar-refractivity contribution in [2.24, 2.45) is 29.4 Å². The molecule has 0 spiro atoms. The van der Waals surface area contributed by atoms with Crippen LogP contribution >= 0.6 is 0 Å². The monoisotopic (exact) mass is 252 g/mol. The molecule has 4 atom stereocenters. The first-order valence-electron chi connectivity index (χ1n) is 8.06. The summed E-state index contributed by atoms with van der Waals surface area (Å²) in [5.41, 5.74) is 5.89. The quantitative estimate of drug-likeness (QED) is 0.836. The molecular formula is C16H32N2. The fourth-order valence-corrected chi connectivity index (χ4v) is 4.16. The van der Waals surface area contributed by atoms with Gasteiger partial charge in [0.05, 0.1) is 0 Å². The third kappa shape index (κ3) is 3.27. The average molecular weight is 252 g/mol. The highest BCUT2D eigenvalue weighted by Crippen LogP contribution is 2.37. The fraction of sp³-hybridized carbons (Fsp3) is 1.00. The standard InChI is InChI=1S/C16H32N2/c1-12(2)15-7-6-13(3)9-16(15)18-8-4-5-14(10-17)11-18/h12-16H,4-11,17H2,1-3H3. The fourth-order valence-electron chi connectivity index (χ4n) is 4.16. The van der Waals surface area contributed by atoms with Crippen molar-refractivity contribution in [3.05, 3.63) is 0 Å².